The molecule has 0 fully saturated rings. The Morgan fingerprint density at radius 2 is 1.84 bits per heavy atom. The first-order valence-electron chi connectivity index (χ1n) is 6.23. The largest absolute Gasteiger partial charge is 0.497 e. The number of hydrogen-bond acceptors (Lipinski definition) is 2. The predicted molar refractivity (Wildman–Crippen MR) is 82.8 cm³/mol. The number of methoxy groups -OCH3 is 1. The number of benzene rings is 2. The lowest BCUT2D eigenvalue weighted by atomic mass is 9.95. The molecule has 0 aliphatic heterocycles. The number of ether oxygens (including phenoxy) is 1. The fourth-order valence-electron chi connectivity index (χ4n) is 2.26. The molecule has 0 aliphatic carbocycles. The second-order valence-corrected chi connectivity index (χ2v) is 5.32. The molecule has 2 aromatic rings. The molecule has 0 saturated heterocycles. The molecule has 2 nitrogen and oxygen atoms in total. The van der Waals surface area contributed by atoms with Gasteiger partial charge in [0.1, 0.15) is 5.75 Å². The van der Waals surface area contributed by atoms with Gasteiger partial charge in [0.05, 0.1) is 13.2 Å². The van der Waals surface area contributed by atoms with Crippen LogP contribution in [-0.4, -0.2) is 14.2 Å². The number of nitrogens with one attached hydrogen (secondary N) is 1. The highest BCUT2D eigenvalue weighted by Gasteiger charge is 2.16. The van der Waals surface area contributed by atoms with Crippen LogP contribution < -0.4 is 10.1 Å². The molecule has 0 amide bonds. The van der Waals surface area contributed by atoms with E-state index >= 15 is 0 Å². The third-order valence-corrected chi connectivity index (χ3v) is 3.99. The van der Waals surface area contributed by atoms with Crippen molar-refractivity contribution >= 4 is 15.9 Å². The molecule has 1 atom stereocenters. The minimum Gasteiger partial charge on any atom is -0.497 e. The van der Waals surface area contributed by atoms with Gasteiger partial charge in [0, 0.05) is 4.47 Å². The quantitative estimate of drug-likeness (QED) is 0.917. The Balaban J connectivity index is 2.46. The fourth-order valence-corrected chi connectivity index (χ4v) is 2.84. The van der Waals surface area contributed by atoms with Gasteiger partial charge in [0.15, 0.2) is 0 Å². The molecule has 19 heavy (non-hydrogen) atoms. The van der Waals surface area contributed by atoms with E-state index < -0.39 is 0 Å². The van der Waals surface area contributed by atoms with Gasteiger partial charge in [-0.2, -0.15) is 0 Å². The van der Waals surface area contributed by atoms with Gasteiger partial charge >= 0.3 is 0 Å². The maximum Gasteiger partial charge on any atom is 0.120 e. The van der Waals surface area contributed by atoms with Crippen LogP contribution in [0, 0.1) is 6.92 Å². The molecule has 100 valence electrons. The Morgan fingerprint density at radius 1 is 1.11 bits per heavy atom. The van der Waals surface area contributed by atoms with Crippen molar-refractivity contribution in [2.75, 3.05) is 14.2 Å². The van der Waals surface area contributed by atoms with E-state index in [0.29, 0.717) is 0 Å². The number of rotatable bonds is 4. The lowest BCUT2D eigenvalue weighted by Crippen LogP contribution is -2.19. The summed E-state index contributed by atoms with van der Waals surface area (Å²) in [6.07, 6.45) is 0. The summed E-state index contributed by atoms with van der Waals surface area (Å²) in [5.41, 5.74) is 3.78. The standard InChI is InChI=1S/C16H18BrNO/c1-11-6-4-5-7-13(11)16(18-2)14-9-8-12(19-3)10-15(14)17/h4-10,16,18H,1-3H3. The average Bonchev–Trinajstić information content (AvgIpc) is 2.43. The third kappa shape index (κ3) is 2.99. The molecule has 0 bridgehead atoms. The zero-order chi connectivity index (χ0) is 13.8. The van der Waals surface area contributed by atoms with Gasteiger partial charge in [-0.15, -0.1) is 0 Å². The Labute approximate surface area is 122 Å². The fraction of sp³-hybridized carbons (Fsp3) is 0.250. The summed E-state index contributed by atoms with van der Waals surface area (Å²) in [5, 5.41) is 3.38. The molecule has 0 aromatic heterocycles. The Hall–Kier alpha value is -1.32. The minimum absolute atomic E-state index is 0.168. The second-order valence-electron chi connectivity index (χ2n) is 4.47. The van der Waals surface area contributed by atoms with E-state index in [2.05, 4.69) is 58.5 Å². The van der Waals surface area contributed by atoms with Gasteiger partial charge in [-0.3, -0.25) is 0 Å². The van der Waals surface area contributed by atoms with Gasteiger partial charge in [0.25, 0.3) is 0 Å². The van der Waals surface area contributed by atoms with Crippen molar-refractivity contribution in [3.05, 3.63) is 63.6 Å². The van der Waals surface area contributed by atoms with Gasteiger partial charge in [-0.25, -0.2) is 0 Å². The minimum atomic E-state index is 0.168. The van der Waals surface area contributed by atoms with Crippen molar-refractivity contribution in [2.24, 2.45) is 0 Å². The van der Waals surface area contributed by atoms with Crippen LogP contribution in [0.4, 0.5) is 0 Å². The van der Waals surface area contributed by atoms with Crippen LogP contribution in [0.15, 0.2) is 46.9 Å². The van der Waals surface area contributed by atoms with Crippen LogP contribution in [0.1, 0.15) is 22.7 Å². The van der Waals surface area contributed by atoms with Crippen molar-refractivity contribution in [3.8, 4) is 5.75 Å². The summed E-state index contributed by atoms with van der Waals surface area (Å²) in [6, 6.07) is 14.7. The monoisotopic (exact) mass is 319 g/mol. The van der Waals surface area contributed by atoms with E-state index in [0.717, 1.165) is 10.2 Å². The van der Waals surface area contributed by atoms with Crippen LogP contribution in [0.5, 0.6) is 5.75 Å². The smallest absolute Gasteiger partial charge is 0.120 e. The van der Waals surface area contributed by atoms with Crippen molar-refractivity contribution < 1.29 is 4.74 Å². The highest BCUT2D eigenvalue weighted by atomic mass is 79.9. The zero-order valence-corrected chi connectivity index (χ0v) is 13.0. The molecule has 2 rings (SSSR count). The van der Waals surface area contributed by atoms with Crippen LogP contribution >= 0.6 is 15.9 Å². The van der Waals surface area contributed by atoms with E-state index in [1.807, 2.05) is 19.2 Å². The summed E-state index contributed by atoms with van der Waals surface area (Å²) < 4.78 is 6.29. The zero-order valence-electron chi connectivity index (χ0n) is 11.4. The molecule has 0 radical (unpaired) electrons. The number of hydrogen-bond donors (Lipinski definition) is 1. The number of aryl methyl sites for hydroxylation is 1. The van der Waals surface area contributed by atoms with Gasteiger partial charge in [-0.05, 0) is 42.8 Å². The Bertz CT molecular complexity index is 568. The SMILES string of the molecule is CNC(c1ccccc1C)c1ccc(OC)cc1Br. The normalized spacial score (nSPS) is 12.2. The summed E-state index contributed by atoms with van der Waals surface area (Å²) in [6.45, 7) is 2.14. The summed E-state index contributed by atoms with van der Waals surface area (Å²) in [5.74, 6) is 0.857. The summed E-state index contributed by atoms with van der Waals surface area (Å²) in [7, 11) is 3.66. The van der Waals surface area contributed by atoms with Crippen LogP contribution in [0.25, 0.3) is 0 Å². The van der Waals surface area contributed by atoms with E-state index in [-0.39, 0.29) is 6.04 Å². The highest BCUT2D eigenvalue weighted by molar-refractivity contribution is 9.10. The molecule has 2 aromatic carbocycles. The van der Waals surface area contributed by atoms with Crippen LogP contribution in [-0.2, 0) is 0 Å². The molecule has 1 N–H and O–H groups in total. The summed E-state index contributed by atoms with van der Waals surface area (Å²) >= 11 is 3.63. The maximum absolute atomic E-state index is 5.24. The van der Waals surface area contributed by atoms with Crippen molar-refractivity contribution in [3.63, 3.8) is 0 Å². The van der Waals surface area contributed by atoms with Crippen molar-refractivity contribution in [1.82, 2.24) is 5.32 Å². The van der Waals surface area contributed by atoms with Gasteiger partial charge in [-0.1, -0.05) is 46.3 Å². The number of halogens is 1. The van der Waals surface area contributed by atoms with Gasteiger partial charge in [0.2, 0.25) is 0 Å². The first kappa shape index (κ1) is 14.1. The predicted octanol–water partition coefficient (Wildman–Crippen LogP) is 4.07. The second kappa shape index (κ2) is 6.22. The molecule has 0 aliphatic rings. The molecule has 0 heterocycles. The first-order valence-corrected chi connectivity index (χ1v) is 7.03. The average molecular weight is 320 g/mol. The lowest BCUT2D eigenvalue weighted by Gasteiger charge is -2.21. The molecule has 0 spiro atoms. The molecule has 0 saturated carbocycles. The highest BCUT2D eigenvalue weighted by Crippen LogP contribution is 2.32. The van der Waals surface area contributed by atoms with E-state index in [4.69, 9.17) is 4.74 Å². The van der Waals surface area contributed by atoms with Gasteiger partial charge < -0.3 is 10.1 Å². The Morgan fingerprint density at radius 3 is 2.42 bits per heavy atom. The first-order chi connectivity index (χ1) is 9.17. The van der Waals surface area contributed by atoms with E-state index in [1.54, 1.807) is 7.11 Å². The van der Waals surface area contributed by atoms with Crippen LogP contribution in [0.3, 0.4) is 0 Å². The van der Waals surface area contributed by atoms with E-state index in [1.165, 1.54) is 16.7 Å². The van der Waals surface area contributed by atoms with Crippen molar-refractivity contribution in [2.45, 2.75) is 13.0 Å². The lowest BCUT2D eigenvalue weighted by molar-refractivity contribution is 0.414. The molecular formula is C16H18BrNO. The topological polar surface area (TPSA) is 21.3 Å². The third-order valence-electron chi connectivity index (χ3n) is 3.31. The Kier molecular flexibility index (Phi) is 4.61. The van der Waals surface area contributed by atoms with Crippen LogP contribution in [0.2, 0.25) is 0 Å². The molecule has 3 heteroatoms. The summed E-state index contributed by atoms with van der Waals surface area (Å²) in [4.78, 5) is 0. The van der Waals surface area contributed by atoms with E-state index in [9.17, 15) is 0 Å². The molecular weight excluding hydrogens is 302 g/mol. The maximum atomic E-state index is 5.24. The molecule has 1 unspecified atom stereocenters. The van der Waals surface area contributed by atoms with Crippen molar-refractivity contribution in [1.29, 1.82) is 0 Å².